The van der Waals surface area contributed by atoms with Gasteiger partial charge in [0.2, 0.25) is 0 Å². The van der Waals surface area contributed by atoms with E-state index < -0.39 is 23.8 Å². The van der Waals surface area contributed by atoms with Crippen LogP contribution in [0.5, 0.6) is 0 Å². The fourth-order valence-electron chi connectivity index (χ4n) is 2.14. The molecule has 0 aliphatic heterocycles. The van der Waals surface area contributed by atoms with E-state index in [4.69, 9.17) is 10.2 Å². The van der Waals surface area contributed by atoms with Crippen LogP contribution in [0.25, 0.3) is 0 Å². The lowest BCUT2D eigenvalue weighted by atomic mass is 9.69. The van der Waals surface area contributed by atoms with Crippen molar-refractivity contribution in [1.82, 2.24) is 0 Å². The van der Waals surface area contributed by atoms with E-state index in [1.165, 1.54) is 0 Å². The van der Waals surface area contributed by atoms with Crippen molar-refractivity contribution in [2.75, 3.05) is 0 Å². The van der Waals surface area contributed by atoms with Gasteiger partial charge in [0.25, 0.3) is 0 Å². The van der Waals surface area contributed by atoms with E-state index in [-0.39, 0.29) is 0 Å². The van der Waals surface area contributed by atoms with Gasteiger partial charge < -0.3 is 10.2 Å². The minimum atomic E-state index is -0.976. The third-order valence-corrected chi connectivity index (χ3v) is 3.34. The molecule has 0 heterocycles. The van der Waals surface area contributed by atoms with Crippen LogP contribution in [-0.4, -0.2) is 22.2 Å². The van der Waals surface area contributed by atoms with Gasteiger partial charge in [0, 0.05) is 0 Å². The Kier molecular flexibility index (Phi) is 3.13. The Morgan fingerprint density at radius 1 is 0.929 bits per heavy atom. The molecule has 1 aliphatic carbocycles. The topological polar surface area (TPSA) is 74.6 Å². The standard InChI is InChI=1S/C10H16O4/c1-5-3-7(9(11)12)8(10(13)14)4-6(5)2/h5-8H,3-4H2,1-2H3,(H,11,12)(H,13,14)/t5-,6-,7+,8+/m1/s1. The first-order valence-corrected chi connectivity index (χ1v) is 4.89. The molecule has 0 aromatic carbocycles. The Morgan fingerprint density at radius 2 is 1.21 bits per heavy atom. The lowest BCUT2D eigenvalue weighted by molar-refractivity contribution is -0.157. The molecule has 1 saturated carbocycles. The second kappa shape index (κ2) is 3.98. The molecule has 0 radical (unpaired) electrons. The summed E-state index contributed by atoms with van der Waals surface area (Å²) in [5.74, 6) is -2.77. The van der Waals surface area contributed by atoms with Crippen molar-refractivity contribution in [3.05, 3.63) is 0 Å². The van der Waals surface area contributed by atoms with Crippen LogP contribution in [0.2, 0.25) is 0 Å². The van der Waals surface area contributed by atoms with Gasteiger partial charge in [-0.1, -0.05) is 13.8 Å². The fourth-order valence-corrected chi connectivity index (χ4v) is 2.14. The Morgan fingerprint density at radius 3 is 1.43 bits per heavy atom. The lowest BCUT2D eigenvalue weighted by Gasteiger charge is -2.34. The number of aliphatic carboxylic acids is 2. The summed E-state index contributed by atoms with van der Waals surface area (Å²) in [6.07, 6.45) is 0.959. The van der Waals surface area contributed by atoms with Crippen molar-refractivity contribution in [1.29, 1.82) is 0 Å². The molecular weight excluding hydrogens is 184 g/mol. The minimum Gasteiger partial charge on any atom is -0.481 e. The molecule has 0 unspecified atom stereocenters. The molecule has 4 nitrogen and oxygen atoms in total. The highest BCUT2D eigenvalue weighted by atomic mass is 16.4. The molecule has 0 saturated heterocycles. The number of carbonyl (C=O) groups is 2. The quantitative estimate of drug-likeness (QED) is 0.707. The van der Waals surface area contributed by atoms with Gasteiger partial charge in [0.15, 0.2) is 0 Å². The van der Waals surface area contributed by atoms with E-state index in [1.54, 1.807) is 0 Å². The van der Waals surface area contributed by atoms with Gasteiger partial charge in [-0.2, -0.15) is 0 Å². The summed E-state index contributed by atoms with van der Waals surface area (Å²) >= 11 is 0. The Labute approximate surface area is 82.9 Å². The largest absolute Gasteiger partial charge is 0.481 e. The van der Waals surface area contributed by atoms with Crippen LogP contribution in [0.1, 0.15) is 26.7 Å². The zero-order valence-corrected chi connectivity index (χ0v) is 8.43. The summed E-state index contributed by atoms with van der Waals surface area (Å²) in [6, 6.07) is 0. The second-order valence-corrected chi connectivity index (χ2v) is 4.32. The zero-order valence-electron chi connectivity index (χ0n) is 8.43. The lowest BCUT2D eigenvalue weighted by Crippen LogP contribution is -2.38. The van der Waals surface area contributed by atoms with Crippen molar-refractivity contribution in [3.8, 4) is 0 Å². The van der Waals surface area contributed by atoms with Crippen LogP contribution in [-0.2, 0) is 9.59 Å². The number of carboxylic acid groups (broad SMARTS) is 2. The second-order valence-electron chi connectivity index (χ2n) is 4.32. The molecule has 4 atom stereocenters. The van der Waals surface area contributed by atoms with Gasteiger partial charge in [0.1, 0.15) is 0 Å². The van der Waals surface area contributed by atoms with Crippen molar-refractivity contribution in [2.45, 2.75) is 26.7 Å². The van der Waals surface area contributed by atoms with Crippen molar-refractivity contribution in [2.24, 2.45) is 23.7 Å². The molecule has 2 N–H and O–H groups in total. The summed E-state index contributed by atoms with van der Waals surface area (Å²) in [5.41, 5.74) is 0. The van der Waals surface area contributed by atoms with Crippen LogP contribution in [0.3, 0.4) is 0 Å². The molecule has 4 heteroatoms. The molecule has 0 aromatic heterocycles. The van der Waals surface area contributed by atoms with Crippen LogP contribution < -0.4 is 0 Å². The van der Waals surface area contributed by atoms with E-state index in [0.717, 1.165) is 0 Å². The van der Waals surface area contributed by atoms with E-state index in [1.807, 2.05) is 13.8 Å². The highest BCUT2D eigenvalue weighted by molar-refractivity contribution is 5.80. The first kappa shape index (κ1) is 11.0. The van der Waals surface area contributed by atoms with Gasteiger partial charge in [-0.15, -0.1) is 0 Å². The SMILES string of the molecule is C[C@@H]1C[C@H](C(=O)O)[C@@H](C(=O)O)C[C@H]1C. The van der Waals surface area contributed by atoms with Crippen molar-refractivity contribution < 1.29 is 19.8 Å². The first-order valence-electron chi connectivity index (χ1n) is 4.89. The molecule has 1 fully saturated rings. The average Bonchev–Trinajstić information content (AvgIpc) is 2.08. The fraction of sp³-hybridized carbons (Fsp3) is 0.800. The number of carboxylic acids is 2. The van der Waals surface area contributed by atoms with E-state index in [0.29, 0.717) is 24.7 Å². The number of hydrogen-bond acceptors (Lipinski definition) is 2. The minimum absolute atomic E-state index is 0.298. The zero-order chi connectivity index (χ0) is 10.9. The predicted molar refractivity (Wildman–Crippen MR) is 49.8 cm³/mol. The van der Waals surface area contributed by atoms with Crippen LogP contribution in [0, 0.1) is 23.7 Å². The van der Waals surface area contributed by atoms with Gasteiger partial charge >= 0.3 is 11.9 Å². The van der Waals surface area contributed by atoms with Crippen LogP contribution in [0.15, 0.2) is 0 Å². The molecule has 0 bridgehead atoms. The monoisotopic (exact) mass is 200 g/mol. The summed E-state index contributed by atoms with van der Waals surface area (Å²) in [5, 5.41) is 17.8. The summed E-state index contributed by atoms with van der Waals surface area (Å²) in [6.45, 7) is 3.97. The third kappa shape index (κ3) is 2.05. The first-order chi connectivity index (χ1) is 6.43. The van der Waals surface area contributed by atoms with Gasteiger partial charge in [-0.05, 0) is 24.7 Å². The predicted octanol–water partition coefficient (Wildman–Crippen LogP) is 1.45. The summed E-state index contributed by atoms with van der Waals surface area (Å²) in [4.78, 5) is 21.7. The molecule has 14 heavy (non-hydrogen) atoms. The molecule has 0 aromatic rings. The van der Waals surface area contributed by atoms with Crippen LogP contribution >= 0.6 is 0 Å². The van der Waals surface area contributed by atoms with Gasteiger partial charge in [-0.3, -0.25) is 9.59 Å². The van der Waals surface area contributed by atoms with E-state index in [2.05, 4.69) is 0 Å². The number of hydrogen-bond donors (Lipinski definition) is 2. The van der Waals surface area contributed by atoms with E-state index in [9.17, 15) is 9.59 Å². The molecule has 1 rings (SSSR count). The maximum absolute atomic E-state index is 10.9. The molecule has 0 amide bonds. The molecule has 1 aliphatic rings. The third-order valence-electron chi connectivity index (χ3n) is 3.34. The highest BCUT2D eigenvalue weighted by Crippen LogP contribution is 2.37. The smallest absolute Gasteiger partial charge is 0.307 e. The van der Waals surface area contributed by atoms with Crippen molar-refractivity contribution in [3.63, 3.8) is 0 Å². The van der Waals surface area contributed by atoms with Crippen LogP contribution in [0.4, 0.5) is 0 Å². The average molecular weight is 200 g/mol. The number of rotatable bonds is 2. The summed E-state index contributed by atoms with van der Waals surface area (Å²) in [7, 11) is 0. The molecule has 0 spiro atoms. The Bertz CT molecular complexity index is 223. The highest BCUT2D eigenvalue weighted by Gasteiger charge is 2.40. The summed E-state index contributed by atoms with van der Waals surface area (Å²) < 4.78 is 0. The van der Waals surface area contributed by atoms with Gasteiger partial charge in [0.05, 0.1) is 11.8 Å². The Balaban J connectivity index is 2.80. The van der Waals surface area contributed by atoms with Crippen molar-refractivity contribution >= 4 is 11.9 Å². The van der Waals surface area contributed by atoms with E-state index >= 15 is 0 Å². The molecule has 80 valence electrons. The maximum atomic E-state index is 10.9. The molecular formula is C10H16O4. The Hall–Kier alpha value is -1.06. The maximum Gasteiger partial charge on any atom is 0.307 e. The normalized spacial score (nSPS) is 37.9. The van der Waals surface area contributed by atoms with Gasteiger partial charge in [-0.25, -0.2) is 0 Å².